The van der Waals surface area contributed by atoms with Crippen LogP contribution < -0.4 is 15.1 Å². The van der Waals surface area contributed by atoms with Crippen molar-refractivity contribution >= 4 is 28.7 Å². The van der Waals surface area contributed by atoms with Crippen molar-refractivity contribution in [1.29, 1.82) is 0 Å². The lowest BCUT2D eigenvalue weighted by Gasteiger charge is -2.09. The van der Waals surface area contributed by atoms with Crippen LogP contribution in [0, 0.1) is 0 Å². The van der Waals surface area contributed by atoms with E-state index in [0.717, 1.165) is 0 Å². The van der Waals surface area contributed by atoms with E-state index in [4.69, 9.17) is 15.0 Å². The monoisotopic (exact) mass is 373 g/mol. The Hall–Kier alpha value is -3.24. The van der Waals surface area contributed by atoms with Gasteiger partial charge in [-0.2, -0.15) is 13.2 Å². The summed E-state index contributed by atoms with van der Waals surface area (Å²) >= 11 is 0. The van der Waals surface area contributed by atoms with Crippen LogP contribution in [0.5, 0.6) is 0 Å². The average molecular weight is 373 g/mol. The van der Waals surface area contributed by atoms with Crippen molar-refractivity contribution in [3.63, 3.8) is 0 Å². The highest BCUT2D eigenvalue weighted by molar-refractivity contribution is 6.06. The molecule has 140 valence electrons. The molecule has 0 radical (unpaired) electrons. The predicted octanol–water partition coefficient (Wildman–Crippen LogP) is -0.439. The number of nitrogens with zero attached hydrogens (tertiary/aromatic N) is 2. The number of carboxylic acids is 2. The number of halogens is 3. The highest BCUT2D eigenvalue weighted by Gasteiger charge is 2.28. The Kier molecular flexibility index (Phi) is 6.58. The zero-order chi connectivity index (χ0) is 20.1. The molecule has 2 aromatic rings. The number of rotatable bonds is 3. The van der Waals surface area contributed by atoms with Crippen LogP contribution >= 0.6 is 0 Å². The lowest BCUT2D eigenvalue weighted by molar-refractivity contribution is -0.728. The fourth-order valence-electron chi connectivity index (χ4n) is 1.76. The number of aliphatic carboxylic acids is 2. The first-order valence-corrected chi connectivity index (χ1v) is 7.01. The zero-order valence-electron chi connectivity index (χ0n) is 13.6. The third-order valence-corrected chi connectivity index (χ3v) is 2.97. The number of amides is 1. The maximum atomic E-state index is 12.1. The van der Waals surface area contributed by atoms with Crippen LogP contribution in [-0.4, -0.2) is 40.3 Å². The van der Waals surface area contributed by atoms with Crippen molar-refractivity contribution in [2.75, 3.05) is 0 Å². The molecule has 0 bridgehead atoms. The van der Waals surface area contributed by atoms with E-state index in [-0.39, 0.29) is 0 Å². The van der Waals surface area contributed by atoms with E-state index in [1.54, 1.807) is 31.4 Å². The summed E-state index contributed by atoms with van der Waals surface area (Å²) < 4.78 is 33.1. The van der Waals surface area contributed by atoms with E-state index in [9.17, 15) is 22.8 Å². The minimum atomic E-state index is -5.19. The second kappa shape index (κ2) is 8.23. The number of fused-ring (bicyclic) bond motifs is 1. The summed E-state index contributed by atoms with van der Waals surface area (Å²) in [5.74, 6) is -4.51. The molecule has 0 fully saturated rings. The molecule has 2 rings (SSSR count). The number of hydrogen-bond donors (Lipinski definition) is 2. The van der Waals surface area contributed by atoms with Crippen LogP contribution in [0.4, 0.5) is 13.2 Å². The molecule has 0 aliphatic carbocycles. The lowest BCUT2D eigenvalue weighted by atomic mass is 10.1. The molecule has 0 unspecified atom stereocenters. The quantitative estimate of drug-likeness (QED) is 0.703. The minimum absolute atomic E-state index is 0.404. The highest BCUT2D eigenvalue weighted by Crippen LogP contribution is 2.14. The molecule has 0 spiro atoms. The molecule has 1 heterocycles. The van der Waals surface area contributed by atoms with Crippen molar-refractivity contribution < 1.29 is 42.4 Å². The van der Waals surface area contributed by atoms with Gasteiger partial charge >= 0.3 is 12.1 Å². The van der Waals surface area contributed by atoms with Gasteiger partial charge in [0, 0.05) is 5.39 Å². The summed E-state index contributed by atoms with van der Waals surface area (Å²) in [6.07, 6.45) is -3.62. The van der Waals surface area contributed by atoms with Crippen LogP contribution in [0.15, 0.2) is 30.5 Å². The van der Waals surface area contributed by atoms with Gasteiger partial charge in [0.1, 0.15) is 23.1 Å². The van der Waals surface area contributed by atoms with Crippen LogP contribution in [-0.2, 0) is 16.6 Å². The van der Waals surface area contributed by atoms with E-state index in [2.05, 4.69) is 10.4 Å². The number of nitrogens with one attached hydrogen (secondary N) is 1. The smallest absolute Gasteiger partial charge is 0.430 e. The summed E-state index contributed by atoms with van der Waals surface area (Å²) in [6, 6.07) is 6.28. The van der Waals surface area contributed by atoms with Gasteiger partial charge in [0.25, 0.3) is 5.91 Å². The molecule has 11 heteroatoms. The maximum Gasteiger partial charge on any atom is 0.430 e. The summed E-state index contributed by atoms with van der Waals surface area (Å²) in [6.45, 7) is 1.42. The fourth-order valence-corrected chi connectivity index (χ4v) is 1.76. The first-order valence-electron chi connectivity index (χ1n) is 7.01. The second-order valence-electron chi connectivity index (χ2n) is 5.05. The molecule has 1 aromatic heterocycles. The van der Waals surface area contributed by atoms with E-state index >= 15 is 0 Å². The van der Waals surface area contributed by atoms with Gasteiger partial charge in [0.05, 0.1) is 0 Å². The fraction of sp³-hybridized carbons (Fsp3) is 0.267. The molecule has 1 atom stereocenters. The molecule has 8 nitrogen and oxygen atoms in total. The standard InChI is InChI=1S/C13H13N3O3.C2HF3O2/c1-8(13(18)19)14-12(17)10-7-16(2)15-11-6-4-3-5-9(10)11;3-2(4,5)1(6)7/h3-8H,1-2H3,(H-,14,17,18,19);(H,6,7)/t8-;/m1./s1. The molecular weight excluding hydrogens is 359 g/mol. The third-order valence-electron chi connectivity index (χ3n) is 2.97. The lowest BCUT2D eigenvalue weighted by Crippen LogP contribution is -2.40. The number of carboxylic acid groups (broad SMARTS) is 2. The van der Waals surface area contributed by atoms with Gasteiger partial charge in [-0.1, -0.05) is 22.9 Å². The van der Waals surface area contributed by atoms with Crippen LogP contribution in [0.2, 0.25) is 0 Å². The normalized spacial score (nSPS) is 11.9. The number of carbonyl (C=O) groups excluding carboxylic acids is 2. The summed E-state index contributed by atoms with van der Waals surface area (Å²) in [4.78, 5) is 31.7. The Bertz CT molecular complexity index is 839. The SMILES string of the molecule is C[C@@H](NC(=O)c1c[n+](C)nc2ccccc12)C(=O)O.O=C([O-])C(F)(F)F. The van der Waals surface area contributed by atoms with E-state index in [0.29, 0.717) is 16.5 Å². The third kappa shape index (κ3) is 5.69. The molecule has 2 N–H and O–H groups in total. The predicted molar refractivity (Wildman–Crippen MR) is 78.5 cm³/mol. The maximum absolute atomic E-state index is 12.1. The summed E-state index contributed by atoms with van der Waals surface area (Å²) in [5.41, 5.74) is 1.09. The van der Waals surface area contributed by atoms with Gasteiger partial charge in [-0.3, -0.25) is 9.59 Å². The highest BCUT2D eigenvalue weighted by atomic mass is 19.4. The first-order chi connectivity index (χ1) is 11.9. The van der Waals surface area contributed by atoms with Crippen LogP contribution in [0.1, 0.15) is 17.3 Å². The topological polar surface area (TPSA) is 123 Å². The number of aryl methyl sites for hydroxylation is 1. The summed E-state index contributed by atoms with van der Waals surface area (Å²) in [5, 5.41) is 25.0. The van der Waals surface area contributed by atoms with Gasteiger partial charge in [-0.05, 0) is 18.1 Å². The van der Waals surface area contributed by atoms with Crippen molar-refractivity contribution in [3.05, 3.63) is 36.0 Å². The molecule has 1 amide bonds. The Balaban J connectivity index is 0.000000412. The minimum Gasteiger partial charge on any atom is -0.542 e. The van der Waals surface area contributed by atoms with Crippen molar-refractivity contribution in [2.45, 2.75) is 19.1 Å². The van der Waals surface area contributed by atoms with E-state index in [1.165, 1.54) is 11.6 Å². The van der Waals surface area contributed by atoms with Crippen molar-refractivity contribution in [3.8, 4) is 0 Å². The van der Waals surface area contributed by atoms with Gasteiger partial charge < -0.3 is 20.3 Å². The number of benzene rings is 1. The van der Waals surface area contributed by atoms with E-state index < -0.39 is 30.1 Å². The Labute approximate surface area is 144 Å². The number of aromatic nitrogens is 2. The summed E-state index contributed by atoms with van der Waals surface area (Å²) in [7, 11) is 1.71. The molecule has 0 saturated carbocycles. The van der Waals surface area contributed by atoms with Gasteiger partial charge in [0.2, 0.25) is 6.20 Å². The Morgan fingerprint density at radius 1 is 1.27 bits per heavy atom. The van der Waals surface area contributed by atoms with Crippen molar-refractivity contribution in [2.24, 2.45) is 7.05 Å². The molecular formula is C15H14F3N3O5. The van der Waals surface area contributed by atoms with Gasteiger partial charge in [-0.25, -0.2) is 0 Å². The van der Waals surface area contributed by atoms with Gasteiger partial charge in [0.15, 0.2) is 7.05 Å². The van der Waals surface area contributed by atoms with Crippen LogP contribution in [0.25, 0.3) is 10.9 Å². The molecule has 0 aliphatic rings. The number of carbonyl (C=O) groups is 3. The number of hydrogen-bond acceptors (Lipinski definition) is 5. The Morgan fingerprint density at radius 2 is 1.81 bits per heavy atom. The average Bonchev–Trinajstić information content (AvgIpc) is 2.53. The Morgan fingerprint density at radius 3 is 2.31 bits per heavy atom. The van der Waals surface area contributed by atoms with E-state index in [1.807, 2.05) is 6.07 Å². The molecule has 0 saturated heterocycles. The van der Waals surface area contributed by atoms with Gasteiger partial charge in [-0.15, -0.1) is 0 Å². The zero-order valence-corrected chi connectivity index (χ0v) is 13.6. The van der Waals surface area contributed by atoms with Crippen LogP contribution in [0.3, 0.4) is 0 Å². The number of alkyl halides is 3. The second-order valence-corrected chi connectivity index (χ2v) is 5.05. The first kappa shape index (κ1) is 20.8. The molecule has 1 aromatic carbocycles. The van der Waals surface area contributed by atoms with Crippen molar-refractivity contribution in [1.82, 2.24) is 10.4 Å². The molecule has 26 heavy (non-hydrogen) atoms. The largest absolute Gasteiger partial charge is 0.542 e. The molecule has 0 aliphatic heterocycles.